The molecule has 0 amide bonds. The molecule has 4 aromatic rings. The summed E-state index contributed by atoms with van der Waals surface area (Å²) >= 11 is 0. The van der Waals surface area contributed by atoms with Crippen LogP contribution in [-0.4, -0.2) is 18.5 Å². The number of anilines is 1. The van der Waals surface area contributed by atoms with E-state index in [1.54, 1.807) is 0 Å². The van der Waals surface area contributed by atoms with Crippen LogP contribution in [0.2, 0.25) is 0 Å². The molecular weight excluding hydrogens is 574 g/mol. The van der Waals surface area contributed by atoms with Crippen molar-refractivity contribution in [1.82, 2.24) is 0 Å². The van der Waals surface area contributed by atoms with E-state index in [0.717, 1.165) is 19.3 Å². The highest BCUT2D eigenvalue weighted by Crippen LogP contribution is 2.58. The summed E-state index contributed by atoms with van der Waals surface area (Å²) < 4.78 is 14.1. The van der Waals surface area contributed by atoms with E-state index in [1.807, 2.05) is 0 Å². The topological polar surface area (TPSA) is 21.7 Å². The molecule has 0 saturated carbocycles. The molecule has 3 heterocycles. The van der Waals surface area contributed by atoms with Gasteiger partial charge in [-0.3, -0.25) is 0 Å². The van der Waals surface area contributed by atoms with E-state index in [4.69, 9.17) is 9.47 Å². The lowest BCUT2D eigenvalue weighted by atomic mass is 9.80. The Morgan fingerprint density at radius 2 is 1.40 bits per heavy atom. The highest BCUT2D eigenvalue weighted by molar-refractivity contribution is 5.95. The maximum atomic E-state index is 7.04. The summed E-state index contributed by atoms with van der Waals surface area (Å²) in [6, 6.07) is 32.1. The molecule has 3 heteroatoms. The SMILES string of the molecule is Cc1cccc(C2=CC3c4ccccc4[C@H](C4OC(CC(C)C)CC(CC(C)C)O4)N3c3cc4c(cc32)-c2ccccc2C4(C)C)c1. The van der Waals surface area contributed by atoms with Crippen LogP contribution in [0.15, 0.2) is 91.0 Å². The minimum absolute atomic E-state index is 0.0418. The molecule has 0 aromatic heterocycles. The zero-order valence-corrected chi connectivity index (χ0v) is 29.1. The van der Waals surface area contributed by atoms with Crippen LogP contribution in [0.3, 0.4) is 0 Å². The Morgan fingerprint density at radius 3 is 2.11 bits per heavy atom. The number of nitrogens with zero attached hydrogens (tertiary/aromatic N) is 1. The third-order valence-corrected chi connectivity index (χ3v) is 11.1. The van der Waals surface area contributed by atoms with E-state index in [2.05, 4.69) is 144 Å². The summed E-state index contributed by atoms with van der Waals surface area (Å²) in [5.74, 6) is 1.15. The lowest BCUT2D eigenvalue weighted by Gasteiger charge is -2.45. The molecule has 8 rings (SSSR count). The lowest BCUT2D eigenvalue weighted by molar-refractivity contribution is -0.256. The summed E-state index contributed by atoms with van der Waals surface area (Å²) in [6.45, 7) is 16.2. The van der Waals surface area contributed by atoms with Crippen molar-refractivity contribution < 1.29 is 9.47 Å². The van der Waals surface area contributed by atoms with Crippen LogP contribution in [0.5, 0.6) is 0 Å². The van der Waals surface area contributed by atoms with Gasteiger partial charge in [0.2, 0.25) is 0 Å². The fourth-order valence-corrected chi connectivity index (χ4v) is 9.07. The molecular formula is C44H49NO2. The van der Waals surface area contributed by atoms with Crippen molar-refractivity contribution in [2.75, 3.05) is 4.90 Å². The number of ether oxygens (including phenoxy) is 2. The standard InChI is InChI=1S/C44H49NO2/c1-26(2)19-30-22-31(20-27(3)4)47-43(46-30)42-34-17-9-8-16-33(34)40-24-35(29-14-12-13-28(5)21-29)37-23-36-32-15-10-11-18-38(32)44(6,7)39(36)25-41(37)45(40)42/h8-18,21,23-27,30-31,40,42-43H,19-20,22H2,1-7H3/t30?,31?,40?,42-,43?/m1/s1. The molecule has 1 fully saturated rings. The van der Waals surface area contributed by atoms with Gasteiger partial charge in [0.1, 0.15) is 6.04 Å². The maximum Gasteiger partial charge on any atom is 0.182 e. The maximum absolute atomic E-state index is 7.04. The number of hydrogen-bond acceptors (Lipinski definition) is 3. The molecule has 3 nitrogen and oxygen atoms in total. The molecule has 4 atom stereocenters. The summed E-state index contributed by atoms with van der Waals surface area (Å²) in [5, 5.41) is 0. The van der Waals surface area contributed by atoms with Gasteiger partial charge in [0.05, 0.1) is 18.2 Å². The van der Waals surface area contributed by atoms with Gasteiger partial charge in [0.25, 0.3) is 0 Å². The molecule has 0 bridgehead atoms. The number of benzene rings is 4. The van der Waals surface area contributed by atoms with Crippen molar-refractivity contribution in [1.29, 1.82) is 0 Å². The van der Waals surface area contributed by atoms with Gasteiger partial charge < -0.3 is 14.4 Å². The van der Waals surface area contributed by atoms with Gasteiger partial charge in [0, 0.05) is 23.1 Å². The van der Waals surface area contributed by atoms with Crippen LogP contribution in [0.4, 0.5) is 5.69 Å². The quantitative estimate of drug-likeness (QED) is 0.213. The van der Waals surface area contributed by atoms with Gasteiger partial charge in [-0.05, 0) is 94.3 Å². The molecule has 3 aliphatic heterocycles. The molecule has 1 aliphatic carbocycles. The van der Waals surface area contributed by atoms with Crippen LogP contribution in [0.1, 0.15) is 112 Å². The monoisotopic (exact) mass is 623 g/mol. The molecule has 0 radical (unpaired) electrons. The van der Waals surface area contributed by atoms with Crippen LogP contribution in [-0.2, 0) is 14.9 Å². The first-order chi connectivity index (χ1) is 22.6. The number of fused-ring (bicyclic) bond motifs is 8. The van der Waals surface area contributed by atoms with Crippen molar-refractivity contribution in [3.8, 4) is 11.1 Å². The normalized spacial score (nSPS) is 25.3. The van der Waals surface area contributed by atoms with Gasteiger partial charge in [0.15, 0.2) is 6.29 Å². The van der Waals surface area contributed by atoms with E-state index < -0.39 is 0 Å². The Hall–Kier alpha value is -3.66. The van der Waals surface area contributed by atoms with E-state index in [0.29, 0.717) is 11.8 Å². The predicted molar refractivity (Wildman–Crippen MR) is 194 cm³/mol. The smallest absolute Gasteiger partial charge is 0.182 e. The van der Waals surface area contributed by atoms with Gasteiger partial charge in [-0.25, -0.2) is 0 Å². The molecule has 0 N–H and O–H groups in total. The second kappa shape index (κ2) is 11.5. The van der Waals surface area contributed by atoms with Gasteiger partial charge in [-0.1, -0.05) is 120 Å². The van der Waals surface area contributed by atoms with E-state index in [1.165, 1.54) is 61.3 Å². The van der Waals surface area contributed by atoms with Gasteiger partial charge in [-0.2, -0.15) is 0 Å². The minimum atomic E-state index is -0.345. The Balaban J connectivity index is 1.33. The minimum Gasteiger partial charge on any atom is -0.348 e. The fourth-order valence-electron chi connectivity index (χ4n) is 9.07. The molecule has 47 heavy (non-hydrogen) atoms. The Bertz CT molecular complexity index is 1850. The summed E-state index contributed by atoms with van der Waals surface area (Å²) in [4.78, 5) is 2.66. The first kappa shape index (κ1) is 30.7. The number of aryl methyl sites for hydroxylation is 1. The second-order valence-electron chi connectivity index (χ2n) is 15.8. The van der Waals surface area contributed by atoms with Crippen LogP contribution in [0.25, 0.3) is 16.7 Å². The average Bonchev–Trinajstić information content (AvgIpc) is 3.48. The predicted octanol–water partition coefficient (Wildman–Crippen LogP) is 10.9. The third kappa shape index (κ3) is 5.09. The van der Waals surface area contributed by atoms with Crippen molar-refractivity contribution in [2.45, 2.75) is 104 Å². The fraction of sp³-hybridized carbons (Fsp3) is 0.409. The molecule has 1 saturated heterocycles. The molecule has 4 aromatic carbocycles. The second-order valence-corrected chi connectivity index (χ2v) is 15.8. The van der Waals surface area contributed by atoms with Crippen LogP contribution >= 0.6 is 0 Å². The molecule has 4 aliphatic rings. The molecule has 242 valence electrons. The number of hydrogen-bond donors (Lipinski definition) is 0. The molecule has 0 spiro atoms. The summed E-state index contributed by atoms with van der Waals surface area (Å²) in [7, 11) is 0. The van der Waals surface area contributed by atoms with Gasteiger partial charge in [-0.15, -0.1) is 0 Å². The van der Waals surface area contributed by atoms with E-state index in [9.17, 15) is 0 Å². The summed E-state index contributed by atoms with van der Waals surface area (Å²) in [5.41, 5.74) is 14.6. The highest BCUT2D eigenvalue weighted by Gasteiger charge is 2.49. The van der Waals surface area contributed by atoms with Crippen LogP contribution < -0.4 is 4.90 Å². The Kier molecular flexibility index (Phi) is 7.50. The van der Waals surface area contributed by atoms with Crippen molar-refractivity contribution >= 4 is 11.3 Å². The zero-order valence-electron chi connectivity index (χ0n) is 29.1. The Morgan fingerprint density at radius 1 is 0.723 bits per heavy atom. The largest absolute Gasteiger partial charge is 0.348 e. The molecule has 3 unspecified atom stereocenters. The number of rotatable bonds is 6. The van der Waals surface area contributed by atoms with Gasteiger partial charge >= 0.3 is 0 Å². The van der Waals surface area contributed by atoms with E-state index in [-0.39, 0.29) is 36.0 Å². The first-order valence-electron chi connectivity index (χ1n) is 17.9. The van der Waals surface area contributed by atoms with Crippen LogP contribution in [0, 0.1) is 18.8 Å². The van der Waals surface area contributed by atoms with Crippen molar-refractivity contribution in [3.63, 3.8) is 0 Å². The lowest BCUT2D eigenvalue weighted by Crippen LogP contribution is -2.46. The Labute approximate surface area is 281 Å². The van der Waals surface area contributed by atoms with Crippen molar-refractivity contribution in [2.24, 2.45) is 11.8 Å². The van der Waals surface area contributed by atoms with E-state index >= 15 is 0 Å². The highest BCUT2D eigenvalue weighted by atomic mass is 16.7. The zero-order chi connectivity index (χ0) is 32.6. The van der Waals surface area contributed by atoms with Crippen molar-refractivity contribution in [3.05, 3.63) is 130 Å². The third-order valence-electron chi connectivity index (χ3n) is 11.1. The first-order valence-corrected chi connectivity index (χ1v) is 17.9. The summed E-state index contributed by atoms with van der Waals surface area (Å²) in [6.07, 6.45) is 5.65. The average molecular weight is 624 g/mol.